The monoisotopic (exact) mass is 148 g/mol. The van der Waals surface area contributed by atoms with Crippen molar-refractivity contribution in [2.75, 3.05) is 0 Å². The van der Waals surface area contributed by atoms with Crippen molar-refractivity contribution in [2.45, 2.75) is 19.8 Å². The molecule has 0 fully saturated rings. The van der Waals surface area contributed by atoms with E-state index in [1.165, 1.54) is 5.56 Å². The summed E-state index contributed by atoms with van der Waals surface area (Å²) in [4.78, 5) is 2.97. The number of hydrogen-bond donors (Lipinski definition) is 1. The van der Waals surface area contributed by atoms with Gasteiger partial charge < -0.3 is 4.98 Å². The van der Waals surface area contributed by atoms with Crippen LogP contribution in [-0.4, -0.2) is 4.98 Å². The lowest BCUT2D eigenvalue weighted by molar-refractivity contribution is 0.638. The van der Waals surface area contributed by atoms with Crippen LogP contribution in [0.4, 0.5) is 0 Å². The first-order chi connectivity index (χ1) is 5.36. The summed E-state index contributed by atoms with van der Waals surface area (Å²) in [5, 5.41) is 8.66. The van der Waals surface area contributed by atoms with Crippen LogP contribution in [0.2, 0.25) is 0 Å². The zero-order chi connectivity index (χ0) is 8.10. The Bertz CT molecular complexity index is 231. The Balaban J connectivity index is 2.49. The molecular formula is C9H12N2. The quantitative estimate of drug-likeness (QED) is 0.700. The largest absolute Gasteiger partial charge is 0.367 e. The molecule has 0 saturated heterocycles. The molecule has 1 aromatic rings. The van der Waals surface area contributed by atoms with Crippen molar-refractivity contribution in [3.8, 4) is 6.07 Å². The molecule has 1 atom stereocenters. The molecular weight excluding hydrogens is 136 g/mol. The summed E-state index contributed by atoms with van der Waals surface area (Å²) in [6.07, 6.45) is 5.64. The molecule has 0 aromatic carbocycles. The maximum absolute atomic E-state index is 8.66. The van der Waals surface area contributed by atoms with Crippen molar-refractivity contribution >= 4 is 0 Å². The van der Waals surface area contributed by atoms with Gasteiger partial charge in [-0.25, -0.2) is 0 Å². The van der Waals surface area contributed by atoms with E-state index >= 15 is 0 Å². The van der Waals surface area contributed by atoms with E-state index in [0.29, 0.717) is 0 Å². The number of nitriles is 1. The third-order valence-electron chi connectivity index (χ3n) is 1.82. The summed E-state index contributed by atoms with van der Waals surface area (Å²) in [6, 6.07) is 4.29. The predicted octanol–water partition coefficient (Wildman–Crippen LogP) is 2.11. The van der Waals surface area contributed by atoms with Crippen LogP contribution < -0.4 is 0 Å². The molecule has 0 saturated carbocycles. The van der Waals surface area contributed by atoms with Gasteiger partial charge in [0, 0.05) is 12.4 Å². The Morgan fingerprint density at radius 1 is 1.73 bits per heavy atom. The highest BCUT2D eigenvalue weighted by atomic mass is 14.6. The first kappa shape index (κ1) is 7.87. The molecule has 2 heteroatoms. The molecule has 1 unspecified atom stereocenters. The van der Waals surface area contributed by atoms with E-state index in [-0.39, 0.29) is 5.92 Å². The maximum atomic E-state index is 8.66. The van der Waals surface area contributed by atoms with Gasteiger partial charge in [0.25, 0.3) is 0 Å². The Morgan fingerprint density at radius 2 is 2.55 bits per heavy atom. The van der Waals surface area contributed by atoms with E-state index in [0.717, 1.165) is 12.8 Å². The van der Waals surface area contributed by atoms with Crippen LogP contribution in [0.15, 0.2) is 18.5 Å². The predicted molar refractivity (Wildman–Crippen MR) is 43.9 cm³/mol. The van der Waals surface area contributed by atoms with E-state index in [2.05, 4.69) is 11.1 Å². The minimum absolute atomic E-state index is 0.172. The van der Waals surface area contributed by atoms with Crippen LogP contribution >= 0.6 is 0 Å². The smallest absolute Gasteiger partial charge is 0.0659 e. The highest BCUT2D eigenvalue weighted by Crippen LogP contribution is 2.09. The van der Waals surface area contributed by atoms with Crippen molar-refractivity contribution in [3.63, 3.8) is 0 Å². The fourth-order valence-electron chi connectivity index (χ4n) is 1.05. The number of aromatic nitrogens is 1. The Labute approximate surface area is 66.9 Å². The summed E-state index contributed by atoms with van der Waals surface area (Å²) in [6.45, 7) is 2.04. The fourth-order valence-corrected chi connectivity index (χ4v) is 1.05. The highest BCUT2D eigenvalue weighted by Gasteiger charge is 2.04. The number of rotatable bonds is 3. The zero-order valence-electron chi connectivity index (χ0n) is 6.67. The van der Waals surface area contributed by atoms with Crippen LogP contribution in [0.3, 0.4) is 0 Å². The third-order valence-corrected chi connectivity index (χ3v) is 1.82. The van der Waals surface area contributed by atoms with Crippen molar-refractivity contribution in [1.29, 1.82) is 5.26 Å². The van der Waals surface area contributed by atoms with Gasteiger partial charge >= 0.3 is 0 Å². The summed E-state index contributed by atoms with van der Waals surface area (Å²) >= 11 is 0. The molecule has 0 amide bonds. The second-order valence-corrected chi connectivity index (χ2v) is 2.66. The topological polar surface area (TPSA) is 39.6 Å². The van der Waals surface area contributed by atoms with Crippen molar-refractivity contribution < 1.29 is 0 Å². The number of hydrogen-bond acceptors (Lipinski definition) is 1. The number of H-pyrrole nitrogens is 1. The standard InChI is InChI=1S/C9H12N2/c1-2-8(6-10)5-9-3-4-11-7-9/h3-4,7-8,11H,2,5H2,1H3. The number of nitrogens with zero attached hydrogens (tertiary/aromatic N) is 1. The van der Waals surface area contributed by atoms with Crippen molar-refractivity contribution in [1.82, 2.24) is 4.98 Å². The molecule has 11 heavy (non-hydrogen) atoms. The Morgan fingerprint density at radius 3 is 3.00 bits per heavy atom. The number of nitrogens with one attached hydrogen (secondary N) is 1. The first-order valence-corrected chi connectivity index (χ1v) is 3.88. The molecule has 1 aromatic heterocycles. The normalized spacial score (nSPS) is 12.4. The van der Waals surface area contributed by atoms with Crippen molar-refractivity contribution in [3.05, 3.63) is 24.0 Å². The third kappa shape index (κ3) is 2.12. The van der Waals surface area contributed by atoms with Gasteiger partial charge in [-0.1, -0.05) is 6.92 Å². The van der Waals surface area contributed by atoms with Crippen LogP contribution in [0.1, 0.15) is 18.9 Å². The highest BCUT2D eigenvalue weighted by molar-refractivity contribution is 5.10. The van der Waals surface area contributed by atoms with Crippen LogP contribution in [0.5, 0.6) is 0 Å². The summed E-state index contributed by atoms with van der Waals surface area (Å²) in [5.41, 5.74) is 1.22. The molecule has 58 valence electrons. The average Bonchev–Trinajstić information content (AvgIpc) is 2.52. The summed E-state index contributed by atoms with van der Waals surface area (Å²) < 4.78 is 0. The molecule has 0 aliphatic rings. The zero-order valence-corrected chi connectivity index (χ0v) is 6.67. The molecule has 1 heterocycles. The lowest BCUT2D eigenvalue weighted by atomic mass is 10.0. The van der Waals surface area contributed by atoms with Crippen LogP contribution in [0, 0.1) is 17.2 Å². The van der Waals surface area contributed by atoms with Gasteiger partial charge in [0.1, 0.15) is 0 Å². The van der Waals surface area contributed by atoms with Gasteiger partial charge in [0.05, 0.1) is 12.0 Å². The molecule has 0 bridgehead atoms. The van der Waals surface area contributed by atoms with E-state index in [1.807, 2.05) is 25.4 Å². The van der Waals surface area contributed by atoms with E-state index < -0.39 is 0 Å². The molecule has 0 radical (unpaired) electrons. The minimum atomic E-state index is 0.172. The minimum Gasteiger partial charge on any atom is -0.367 e. The van der Waals surface area contributed by atoms with E-state index in [1.54, 1.807) is 0 Å². The SMILES string of the molecule is CCC(C#N)Cc1cc[nH]c1. The van der Waals surface area contributed by atoms with Gasteiger partial charge in [-0.15, -0.1) is 0 Å². The molecule has 1 N–H and O–H groups in total. The summed E-state index contributed by atoms with van der Waals surface area (Å²) in [7, 11) is 0. The molecule has 0 aliphatic carbocycles. The number of aromatic amines is 1. The lowest BCUT2D eigenvalue weighted by Gasteiger charge is -2.01. The van der Waals surface area contributed by atoms with Crippen LogP contribution in [-0.2, 0) is 6.42 Å². The van der Waals surface area contributed by atoms with Gasteiger partial charge in [-0.05, 0) is 24.5 Å². The van der Waals surface area contributed by atoms with Gasteiger partial charge in [0.15, 0.2) is 0 Å². The second-order valence-electron chi connectivity index (χ2n) is 2.66. The molecule has 0 spiro atoms. The molecule has 0 aliphatic heterocycles. The first-order valence-electron chi connectivity index (χ1n) is 3.88. The second kappa shape index (κ2) is 3.82. The summed E-state index contributed by atoms with van der Waals surface area (Å²) in [5.74, 6) is 0.172. The molecule has 1 rings (SSSR count). The maximum Gasteiger partial charge on any atom is 0.0659 e. The average molecular weight is 148 g/mol. The van der Waals surface area contributed by atoms with E-state index in [9.17, 15) is 0 Å². The van der Waals surface area contributed by atoms with Gasteiger partial charge in [-0.2, -0.15) is 5.26 Å². The van der Waals surface area contributed by atoms with Crippen molar-refractivity contribution in [2.24, 2.45) is 5.92 Å². The van der Waals surface area contributed by atoms with E-state index in [4.69, 9.17) is 5.26 Å². The Hall–Kier alpha value is -1.23. The lowest BCUT2D eigenvalue weighted by Crippen LogP contribution is -1.98. The van der Waals surface area contributed by atoms with Gasteiger partial charge in [0.2, 0.25) is 0 Å². The van der Waals surface area contributed by atoms with Crippen LogP contribution in [0.25, 0.3) is 0 Å². The Kier molecular flexibility index (Phi) is 2.74. The van der Waals surface area contributed by atoms with Gasteiger partial charge in [-0.3, -0.25) is 0 Å². The fraction of sp³-hybridized carbons (Fsp3) is 0.444. The molecule has 2 nitrogen and oxygen atoms in total.